The Labute approximate surface area is 77.8 Å². The maximum Gasteiger partial charge on any atom is 0.250 e. The molecule has 1 rings (SSSR count). The zero-order chi connectivity index (χ0) is 9.68. The second-order valence-corrected chi connectivity index (χ2v) is 2.93. The third-order valence-electron chi connectivity index (χ3n) is 1.98. The van der Waals surface area contributed by atoms with Gasteiger partial charge in [-0.1, -0.05) is 6.92 Å². The van der Waals surface area contributed by atoms with Crippen molar-refractivity contribution in [3.05, 3.63) is 11.8 Å². The number of morpholine rings is 1. The monoisotopic (exact) mass is 185 g/mol. The minimum Gasteiger partial charge on any atom is -0.512 e. The lowest BCUT2D eigenvalue weighted by Gasteiger charge is -2.25. The first kappa shape index (κ1) is 10.1. The summed E-state index contributed by atoms with van der Waals surface area (Å²) in [5.41, 5.74) is 0. The fourth-order valence-corrected chi connectivity index (χ4v) is 1.12. The van der Waals surface area contributed by atoms with Gasteiger partial charge in [0.1, 0.15) is 0 Å². The summed E-state index contributed by atoms with van der Waals surface area (Å²) < 4.78 is 5.10. The zero-order valence-electron chi connectivity index (χ0n) is 7.82. The summed E-state index contributed by atoms with van der Waals surface area (Å²) in [5, 5.41) is 9.14. The topological polar surface area (TPSA) is 49.8 Å². The minimum atomic E-state index is -0.123. The van der Waals surface area contributed by atoms with E-state index in [1.165, 1.54) is 6.08 Å². The van der Waals surface area contributed by atoms with Gasteiger partial charge in [-0.05, 0) is 0 Å². The fourth-order valence-electron chi connectivity index (χ4n) is 1.12. The lowest BCUT2D eigenvalue weighted by Crippen LogP contribution is -2.39. The molecular weight excluding hydrogens is 170 g/mol. The quantitative estimate of drug-likeness (QED) is 0.509. The number of ether oxygens (including phenoxy) is 1. The number of amides is 1. The van der Waals surface area contributed by atoms with E-state index in [9.17, 15) is 4.79 Å². The standard InChI is InChI=1S/C9H15NO3/c1-2-8(11)7-9(12)10-3-5-13-6-4-10/h7,11H,2-6H2,1H3/b8-7-. The molecule has 0 aliphatic carbocycles. The summed E-state index contributed by atoms with van der Waals surface area (Å²) in [4.78, 5) is 13.1. The zero-order valence-corrected chi connectivity index (χ0v) is 7.82. The molecule has 1 amide bonds. The largest absolute Gasteiger partial charge is 0.512 e. The summed E-state index contributed by atoms with van der Waals surface area (Å²) in [5.74, 6) is 0.0131. The number of hydrogen-bond acceptors (Lipinski definition) is 3. The maximum absolute atomic E-state index is 11.4. The van der Waals surface area contributed by atoms with Gasteiger partial charge in [-0.15, -0.1) is 0 Å². The first-order valence-electron chi connectivity index (χ1n) is 4.50. The Bertz CT molecular complexity index is 207. The fraction of sp³-hybridized carbons (Fsp3) is 0.667. The van der Waals surface area contributed by atoms with Crippen molar-refractivity contribution in [2.24, 2.45) is 0 Å². The van der Waals surface area contributed by atoms with Crippen molar-refractivity contribution in [3.63, 3.8) is 0 Å². The van der Waals surface area contributed by atoms with Crippen LogP contribution < -0.4 is 0 Å². The molecule has 74 valence electrons. The molecule has 1 fully saturated rings. The smallest absolute Gasteiger partial charge is 0.250 e. The number of aliphatic hydroxyl groups excluding tert-OH is 1. The number of carbonyl (C=O) groups excluding carboxylic acids is 1. The number of aliphatic hydroxyl groups is 1. The van der Waals surface area contributed by atoms with E-state index < -0.39 is 0 Å². The molecule has 13 heavy (non-hydrogen) atoms. The molecule has 4 heteroatoms. The van der Waals surface area contributed by atoms with Gasteiger partial charge in [0, 0.05) is 25.6 Å². The molecule has 0 spiro atoms. The highest BCUT2D eigenvalue weighted by Gasteiger charge is 2.14. The molecule has 1 aliphatic heterocycles. The predicted molar refractivity (Wildman–Crippen MR) is 48.4 cm³/mol. The molecule has 0 bridgehead atoms. The Hall–Kier alpha value is -1.03. The van der Waals surface area contributed by atoms with Crippen LogP contribution in [0.1, 0.15) is 13.3 Å². The summed E-state index contributed by atoms with van der Waals surface area (Å²) >= 11 is 0. The lowest BCUT2D eigenvalue weighted by atomic mass is 10.3. The van der Waals surface area contributed by atoms with Gasteiger partial charge in [0.05, 0.1) is 19.0 Å². The average molecular weight is 185 g/mol. The number of hydrogen-bond donors (Lipinski definition) is 1. The Kier molecular flexibility index (Phi) is 3.76. The molecule has 1 saturated heterocycles. The van der Waals surface area contributed by atoms with Crippen molar-refractivity contribution in [2.75, 3.05) is 26.3 Å². The van der Waals surface area contributed by atoms with Crippen molar-refractivity contribution >= 4 is 5.91 Å². The molecule has 0 saturated carbocycles. The molecule has 1 heterocycles. The van der Waals surface area contributed by atoms with Crippen LogP contribution >= 0.6 is 0 Å². The van der Waals surface area contributed by atoms with Crippen molar-refractivity contribution in [1.82, 2.24) is 4.90 Å². The van der Waals surface area contributed by atoms with E-state index in [0.717, 1.165) is 0 Å². The number of carbonyl (C=O) groups is 1. The second-order valence-electron chi connectivity index (χ2n) is 2.93. The van der Waals surface area contributed by atoms with Crippen LogP contribution in [-0.2, 0) is 9.53 Å². The molecule has 1 N–H and O–H groups in total. The first-order valence-corrected chi connectivity index (χ1v) is 4.50. The summed E-state index contributed by atoms with van der Waals surface area (Å²) in [6.45, 7) is 4.22. The van der Waals surface area contributed by atoms with E-state index in [1.54, 1.807) is 11.8 Å². The van der Waals surface area contributed by atoms with Crippen molar-refractivity contribution in [2.45, 2.75) is 13.3 Å². The van der Waals surface area contributed by atoms with Crippen LogP contribution in [0.3, 0.4) is 0 Å². The van der Waals surface area contributed by atoms with Gasteiger partial charge in [-0.25, -0.2) is 0 Å². The molecule has 0 atom stereocenters. The van der Waals surface area contributed by atoms with Crippen LogP contribution in [0.2, 0.25) is 0 Å². The van der Waals surface area contributed by atoms with Gasteiger partial charge in [0.25, 0.3) is 0 Å². The first-order chi connectivity index (χ1) is 6.24. The summed E-state index contributed by atoms with van der Waals surface area (Å²) in [7, 11) is 0. The Balaban J connectivity index is 2.46. The van der Waals surface area contributed by atoms with Crippen LogP contribution in [0.15, 0.2) is 11.8 Å². The molecule has 0 unspecified atom stereocenters. The van der Waals surface area contributed by atoms with Gasteiger partial charge in [-0.3, -0.25) is 4.79 Å². The molecular formula is C9H15NO3. The van der Waals surface area contributed by atoms with Gasteiger partial charge in [0.15, 0.2) is 0 Å². The number of rotatable bonds is 2. The minimum absolute atomic E-state index is 0.123. The highest BCUT2D eigenvalue weighted by molar-refractivity contribution is 5.88. The predicted octanol–water partition coefficient (Wildman–Crippen LogP) is 0.697. The maximum atomic E-state index is 11.4. The van der Waals surface area contributed by atoms with E-state index in [-0.39, 0.29) is 11.7 Å². The summed E-state index contributed by atoms with van der Waals surface area (Å²) in [6.07, 6.45) is 1.78. The Morgan fingerprint density at radius 3 is 2.69 bits per heavy atom. The molecule has 0 aromatic carbocycles. The SMILES string of the molecule is CC/C(O)=C/C(=O)N1CCOCC1. The van der Waals surface area contributed by atoms with Crippen LogP contribution in [0.4, 0.5) is 0 Å². The van der Waals surface area contributed by atoms with E-state index in [4.69, 9.17) is 9.84 Å². The van der Waals surface area contributed by atoms with Crippen LogP contribution in [-0.4, -0.2) is 42.2 Å². The summed E-state index contributed by atoms with van der Waals surface area (Å²) in [6, 6.07) is 0. The lowest BCUT2D eigenvalue weighted by molar-refractivity contribution is -0.130. The third-order valence-corrected chi connectivity index (χ3v) is 1.98. The van der Waals surface area contributed by atoms with Gasteiger partial charge >= 0.3 is 0 Å². The number of nitrogens with zero attached hydrogens (tertiary/aromatic N) is 1. The highest BCUT2D eigenvalue weighted by atomic mass is 16.5. The third kappa shape index (κ3) is 3.06. The normalized spacial score (nSPS) is 18.8. The average Bonchev–Trinajstić information content (AvgIpc) is 2.19. The van der Waals surface area contributed by atoms with Crippen LogP contribution in [0, 0.1) is 0 Å². The van der Waals surface area contributed by atoms with E-state index in [0.29, 0.717) is 32.7 Å². The molecule has 0 aromatic heterocycles. The van der Waals surface area contributed by atoms with E-state index in [2.05, 4.69) is 0 Å². The van der Waals surface area contributed by atoms with Crippen LogP contribution in [0.25, 0.3) is 0 Å². The van der Waals surface area contributed by atoms with Crippen molar-refractivity contribution < 1.29 is 14.6 Å². The van der Waals surface area contributed by atoms with Crippen molar-refractivity contribution in [1.29, 1.82) is 0 Å². The highest BCUT2D eigenvalue weighted by Crippen LogP contribution is 2.01. The Morgan fingerprint density at radius 2 is 2.15 bits per heavy atom. The van der Waals surface area contributed by atoms with Gasteiger partial charge in [-0.2, -0.15) is 0 Å². The molecule has 4 nitrogen and oxygen atoms in total. The molecule has 1 aliphatic rings. The van der Waals surface area contributed by atoms with E-state index in [1.807, 2.05) is 0 Å². The molecule has 0 radical (unpaired) electrons. The van der Waals surface area contributed by atoms with Gasteiger partial charge in [0.2, 0.25) is 5.91 Å². The second kappa shape index (κ2) is 4.87. The Morgan fingerprint density at radius 1 is 1.54 bits per heavy atom. The van der Waals surface area contributed by atoms with Crippen LogP contribution in [0.5, 0.6) is 0 Å². The number of allylic oxidation sites excluding steroid dienone is 1. The van der Waals surface area contributed by atoms with Gasteiger partial charge < -0.3 is 14.7 Å². The van der Waals surface area contributed by atoms with E-state index >= 15 is 0 Å². The van der Waals surface area contributed by atoms with Crippen molar-refractivity contribution in [3.8, 4) is 0 Å². The molecule has 0 aromatic rings.